The summed E-state index contributed by atoms with van der Waals surface area (Å²) in [5, 5.41) is 28.1. The molecular weight excluding hydrogens is 516 g/mol. The topological polar surface area (TPSA) is 119 Å². The Morgan fingerprint density at radius 2 is 1.74 bits per heavy atom. The van der Waals surface area contributed by atoms with Crippen molar-refractivity contribution in [2.45, 2.75) is 25.2 Å². The predicted octanol–water partition coefficient (Wildman–Crippen LogP) is 5.65. The SMILES string of the molecule is CCn1c(S/C(=C\c2ccccc2OCc2ccc(C#N)cc2)C(=O)O)nnc1-c1cc(OC)cc(OC)c1. The lowest BCUT2D eigenvalue weighted by Crippen LogP contribution is -2.03. The van der Waals surface area contributed by atoms with Crippen molar-refractivity contribution < 1.29 is 24.1 Å². The van der Waals surface area contributed by atoms with Crippen LogP contribution in [0.5, 0.6) is 17.2 Å². The Morgan fingerprint density at radius 3 is 2.36 bits per heavy atom. The molecule has 1 N–H and O–H groups in total. The molecule has 0 radical (unpaired) electrons. The van der Waals surface area contributed by atoms with Gasteiger partial charge in [0, 0.05) is 23.7 Å². The molecule has 0 spiro atoms. The highest BCUT2D eigenvalue weighted by molar-refractivity contribution is 8.04. The van der Waals surface area contributed by atoms with Crippen LogP contribution in [0, 0.1) is 11.3 Å². The largest absolute Gasteiger partial charge is 0.497 e. The molecule has 0 saturated heterocycles. The molecule has 0 bridgehead atoms. The molecule has 1 aromatic heterocycles. The molecule has 0 aliphatic carbocycles. The van der Waals surface area contributed by atoms with Gasteiger partial charge in [-0.15, -0.1) is 10.2 Å². The van der Waals surface area contributed by atoms with Gasteiger partial charge in [0.15, 0.2) is 11.0 Å². The summed E-state index contributed by atoms with van der Waals surface area (Å²) in [5.41, 5.74) is 2.79. The molecule has 0 aliphatic rings. The van der Waals surface area contributed by atoms with Crippen LogP contribution in [0.15, 0.2) is 76.8 Å². The van der Waals surface area contributed by atoms with Gasteiger partial charge in [-0.2, -0.15) is 5.26 Å². The van der Waals surface area contributed by atoms with Gasteiger partial charge in [-0.05, 0) is 60.7 Å². The summed E-state index contributed by atoms with van der Waals surface area (Å²) in [6, 6.07) is 21.8. The highest BCUT2D eigenvalue weighted by atomic mass is 32.2. The summed E-state index contributed by atoms with van der Waals surface area (Å²) in [7, 11) is 3.14. The smallest absolute Gasteiger partial charge is 0.342 e. The molecule has 0 saturated carbocycles. The molecule has 4 rings (SSSR count). The molecule has 198 valence electrons. The Kier molecular flexibility index (Phi) is 8.86. The first-order chi connectivity index (χ1) is 18.9. The monoisotopic (exact) mass is 542 g/mol. The van der Waals surface area contributed by atoms with Crippen LogP contribution >= 0.6 is 11.8 Å². The van der Waals surface area contributed by atoms with Crippen molar-refractivity contribution in [1.82, 2.24) is 14.8 Å². The molecule has 1 heterocycles. The van der Waals surface area contributed by atoms with Crippen molar-refractivity contribution >= 4 is 23.8 Å². The van der Waals surface area contributed by atoms with Gasteiger partial charge in [-0.25, -0.2) is 4.79 Å². The molecule has 9 nitrogen and oxygen atoms in total. The fourth-order valence-corrected chi connectivity index (χ4v) is 4.62. The summed E-state index contributed by atoms with van der Waals surface area (Å²) in [5.74, 6) is 1.20. The van der Waals surface area contributed by atoms with Crippen LogP contribution in [0.4, 0.5) is 0 Å². The second-order valence-electron chi connectivity index (χ2n) is 8.20. The third-order valence-corrected chi connectivity index (χ3v) is 6.73. The minimum absolute atomic E-state index is 0.0568. The summed E-state index contributed by atoms with van der Waals surface area (Å²) in [6.07, 6.45) is 1.56. The van der Waals surface area contributed by atoms with E-state index < -0.39 is 5.97 Å². The van der Waals surface area contributed by atoms with E-state index in [1.54, 1.807) is 50.6 Å². The minimum Gasteiger partial charge on any atom is -0.497 e. The molecular formula is C29H26N4O5S. The van der Waals surface area contributed by atoms with Crippen LogP contribution in [0.3, 0.4) is 0 Å². The Labute approximate surface area is 230 Å². The number of carboxylic acid groups (broad SMARTS) is 1. The Hall–Kier alpha value is -4.75. The minimum atomic E-state index is -1.10. The van der Waals surface area contributed by atoms with E-state index in [2.05, 4.69) is 16.3 Å². The average Bonchev–Trinajstić information content (AvgIpc) is 3.38. The molecule has 0 fully saturated rings. The van der Waals surface area contributed by atoms with Gasteiger partial charge in [0.05, 0.1) is 25.9 Å². The average molecular weight is 543 g/mol. The number of carboxylic acids is 1. The lowest BCUT2D eigenvalue weighted by atomic mass is 10.1. The number of hydrogen-bond acceptors (Lipinski definition) is 8. The summed E-state index contributed by atoms with van der Waals surface area (Å²) < 4.78 is 18.6. The maximum atomic E-state index is 12.3. The van der Waals surface area contributed by atoms with E-state index in [1.807, 2.05) is 47.9 Å². The Morgan fingerprint density at radius 1 is 1.05 bits per heavy atom. The standard InChI is InChI=1S/C29H26N4O5S/c1-4-33-27(22-13-23(36-2)16-24(14-22)37-3)31-32-29(33)39-26(28(34)35)15-21-7-5-6-8-25(21)38-18-20-11-9-19(17-30)10-12-20/h5-16H,4,18H2,1-3H3,(H,34,35)/b26-15-. The van der Waals surface area contributed by atoms with Crippen LogP contribution < -0.4 is 14.2 Å². The number of aliphatic carboxylic acids is 1. The van der Waals surface area contributed by atoms with Gasteiger partial charge in [0.25, 0.3) is 0 Å². The first-order valence-electron chi connectivity index (χ1n) is 12.0. The molecule has 10 heteroatoms. The zero-order valence-electron chi connectivity index (χ0n) is 21.6. The van der Waals surface area contributed by atoms with Gasteiger partial charge in [0.1, 0.15) is 28.8 Å². The number of nitriles is 1. The number of carbonyl (C=O) groups is 1. The number of ether oxygens (including phenoxy) is 3. The molecule has 4 aromatic rings. The quantitative estimate of drug-likeness (QED) is 0.189. The van der Waals surface area contributed by atoms with Crippen molar-refractivity contribution in [2.75, 3.05) is 14.2 Å². The molecule has 0 atom stereocenters. The Balaban J connectivity index is 1.62. The fourth-order valence-electron chi connectivity index (χ4n) is 3.74. The fraction of sp³-hybridized carbons (Fsp3) is 0.172. The maximum absolute atomic E-state index is 12.3. The van der Waals surface area contributed by atoms with E-state index >= 15 is 0 Å². The number of hydrogen-bond donors (Lipinski definition) is 1. The van der Waals surface area contributed by atoms with Gasteiger partial charge >= 0.3 is 5.97 Å². The molecule has 0 amide bonds. The van der Waals surface area contributed by atoms with Crippen LogP contribution in [0.2, 0.25) is 0 Å². The predicted molar refractivity (Wildman–Crippen MR) is 148 cm³/mol. The third kappa shape index (κ3) is 6.58. The van der Waals surface area contributed by atoms with Crippen LogP contribution in [-0.4, -0.2) is 40.1 Å². The molecule has 0 unspecified atom stereocenters. The van der Waals surface area contributed by atoms with Gasteiger partial charge in [-0.3, -0.25) is 0 Å². The number of methoxy groups -OCH3 is 2. The summed E-state index contributed by atoms with van der Waals surface area (Å²) in [6.45, 7) is 2.72. The number of benzene rings is 3. The number of para-hydroxylation sites is 1. The van der Waals surface area contributed by atoms with E-state index in [0.717, 1.165) is 22.9 Å². The highest BCUT2D eigenvalue weighted by Gasteiger charge is 2.20. The lowest BCUT2D eigenvalue weighted by Gasteiger charge is -2.11. The molecule has 0 aliphatic heterocycles. The van der Waals surface area contributed by atoms with E-state index in [0.29, 0.717) is 45.9 Å². The van der Waals surface area contributed by atoms with Gasteiger partial charge in [-0.1, -0.05) is 30.3 Å². The second kappa shape index (κ2) is 12.7. The summed E-state index contributed by atoms with van der Waals surface area (Å²) >= 11 is 1.01. The van der Waals surface area contributed by atoms with Crippen LogP contribution in [0.25, 0.3) is 17.5 Å². The lowest BCUT2D eigenvalue weighted by molar-refractivity contribution is -0.131. The van der Waals surface area contributed by atoms with Crippen molar-refractivity contribution in [1.29, 1.82) is 5.26 Å². The van der Waals surface area contributed by atoms with Crippen molar-refractivity contribution in [2.24, 2.45) is 0 Å². The van der Waals surface area contributed by atoms with E-state index in [4.69, 9.17) is 19.5 Å². The van der Waals surface area contributed by atoms with E-state index in [9.17, 15) is 9.90 Å². The van der Waals surface area contributed by atoms with Crippen molar-refractivity contribution in [3.8, 4) is 34.7 Å². The van der Waals surface area contributed by atoms with E-state index in [1.165, 1.54) is 0 Å². The number of nitrogens with zero attached hydrogens (tertiary/aromatic N) is 4. The highest BCUT2D eigenvalue weighted by Crippen LogP contribution is 2.34. The van der Waals surface area contributed by atoms with Crippen molar-refractivity contribution in [3.05, 3.63) is 88.3 Å². The third-order valence-electron chi connectivity index (χ3n) is 5.74. The van der Waals surface area contributed by atoms with Crippen LogP contribution in [-0.2, 0) is 17.9 Å². The van der Waals surface area contributed by atoms with Gasteiger partial charge < -0.3 is 23.9 Å². The number of thioether (sulfide) groups is 1. The Bertz CT molecular complexity index is 1520. The zero-order chi connectivity index (χ0) is 27.8. The van der Waals surface area contributed by atoms with Crippen molar-refractivity contribution in [3.63, 3.8) is 0 Å². The molecule has 3 aromatic carbocycles. The normalized spacial score (nSPS) is 11.1. The number of rotatable bonds is 11. The summed E-state index contributed by atoms with van der Waals surface area (Å²) in [4.78, 5) is 12.3. The zero-order valence-corrected chi connectivity index (χ0v) is 22.4. The van der Waals surface area contributed by atoms with Gasteiger partial charge in [0.2, 0.25) is 0 Å². The number of aromatic nitrogens is 3. The second-order valence-corrected chi connectivity index (χ2v) is 9.21. The first kappa shape index (κ1) is 27.3. The first-order valence-corrected chi connectivity index (χ1v) is 12.8. The maximum Gasteiger partial charge on any atom is 0.342 e. The van der Waals surface area contributed by atoms with E-state index in [-0.39, 0.29) is 11.5 Å². The molecule has 39 heavy (non-hydrogen) atoms. The van der Waals surface area contributed by atoms with Crippen LogP contribution in [0.1, 0.15) is 23.6 Å².